The Kier molecular flexibility index (Phi) is 6.63. The van der Waals surface area contributed by atoms with Crippen molar-refractivity contribution >= 4 is 17.7 Å². The minimum atomic E-state index is -0.827. The minimum absolute atomic E-state index is 0.00276. The molecule has 3 unspecified atom stereocenters. The van der Waals surface area contributed by atoms with Gasteiger partial charge in [-0.3, -0.25) is 9.69 Å². The van der Waals surface area contributed by atoms with Crippen molar-refractivity contribution in [1.82, 2.24) is 10.2 Å². The normalized spacial score (nSPS) is 24.2. The highest BCUT2D eigenvalue weighted by Crippen LogP contribution is 2.21. The van der Waals surface area contributed by atoms with Crippen molar-refractivity contribution in [3.8, 4) is 0 Å². The zero-order valence-electron chi connectivity index (χ0n) is 12.6. The molecule has 1 aliphatic rings. The molecule has 0 bridgehead atoms. The van der Waals surface area contributed by atoms with Crippen molar-refractivity contribution < 1.29 is 9.90 Å². The highest BCUT2D eigenvalue weighted by atomic mass is 32.2. The molecular formula is C14H28N2O2S. The van der Waals surface area contributed by atoms with Crippen molar-refractivity contribution in [1.29, 1.82) is 0 Å². The zero-order chi connectivity index (χ0) is 14.5. The number of hydrogen-bond acceptors (Lipinski definition) is 4. The first-order valence-electron chi connectivity index (χ1n) is 7.14. The van der Waals surface area contributed by atoms with E-state index in [0.717, 1.165) is 12.2 Å². The minimum Gasteiger partial charge on any atom is -0.388 e. The Morgan fingerprint density at radius 1 is 1.63 bits per heavy atom. The number of amides is 1. The second kappa shape index (κ2) is 7.50. The number of likely N-dealkylation sites (N-methyl/N-ethyl adjacent to an activating group) is 1. The fraction of sp³-hybridized carbons (Fsp3) is 0.929. The molecule has 1 heterocycles. The number of aliphatic hydroxyl groups is 1. The molecule has 2 N–H and O–H groups in total. The lowest BCUT2D eigenvalue weighted by Gasteiger charge is -2.30. The molecule has 0 aromatic heterocycles. The summed E-state index contributed by atoms with van der Waals surface area (Å²) in [5.74, 6) is 2.49. The summed E-state index contributed by atoms with van der Waals surface area (Å²) in [7, 11) is 2.00. The molecule has 0 saturated carbocycles. The van der Waals surface area contributed by atoms with Crippen LogP contribution in [0.1, 0.15) is 33.6 Å². The van der Waals surface area contributed by atoms with E-state index >= 15 is 0 Å². The number of hydrogen-bond donors (Lipinski definition) is 2. The fourth-order valence-electron chi connectivity index (χ4n) is 2.17. The monoisotopic (exact) mass is 288 g/mol. The van der Waals surface area contributed by atoms with E-state index in [1.54, 1.807) is 6.92 Å². The van der Waals surface area contributed by atoms with Gasteiger partial charge in [0.05, 0.1) is 12.1 Å². The summed E-state index contributed by atoms with van der Waals surface area (Å²) in [5, 5.41) is 13.1. The topological polar surface area (TPSA) is 52.6 Å². The molecule has 1 saturated heterocycles. The highest BCUT2D eigenvalue weighted by molar-refractivity contribution is 7.99. The Balaban J connectivity index is 2.30. The average molecular weight is 288 g/mol. The van der Waals surface area contributed by atoms with Gasteiger partial charge in [-0.2, -0.15) is 11.8 Å². The van der Waals surface area contributed by atoms with Crippen LogP contribution in [0.4, 0.5) is 0 Å². The van der Waals surface area contributed by atoms with Crippen LogP contribution in [0.5, 0.6) is 0 Å². The molecule has 19 heavy (non-hydrogen) atoms. The first-order chi connectivity index (χ1) is 8.86. The van der Waals surface area contributed by atoms with Gasteiger partial charge in [0, 0.05) is 18.3 Å². The van der Waals surface area contributed by atoms with E-state index in [9.17, 15) is 9.90 Å². The van der Waals surface area contributed by atoms with Crippen LogP contribution >= 0.6 is 11.8 Å². The van der Waals surface area contributed by atoms with Gasteiger partial charge in [-0.25, -0.2) is 0 Å². The number of carbonyl (C=O) groups excluding carboxylic acids is 1. The average Bonchev–Trinajstić information content (AvgIpc) is 2.89. The molecule has 1 amide bonds. The first kappa shape index (κ1) is 16.8. The molecule has 0 aliphatic carbocycles. The van der Waals surface area contributed by atoms with Crippen molar-refractivity contribution in [2.75, 3.05) is 31.6 Å². The molecule has 1 fully saturated rings. The van der Waals surface area contributed by atoms with Crippen molar-refractivity contribution in [3.05, 3.63) is 0 Å². The summed E-state index contributed by atoms with van der Waals surface area (Å²) < 4.78 is 0. The van der Waals surface area contributed by atoms with E-state index in [0.29, 0.717) is 19.1 Å². The largest absolute Gasteiger partial charge is 0.388 e. The Morgan fingerprint density at radius 3 is 2.84 bits per heavy atom. The van der Waals surface area contributed by atoms with Gasteiger partial charge in [0.2, 0.25) is 5.91 Å². The van der Waals surface area contributed by atoms with Crippen LogP contribution in [-0.2, 0) is 4.79 Å². The molecule has 0 radical (unpaired) electrons. The van der Waals surface area contributed by atoms with E-state index in [1.165, 1.54) is 12.2 Å². The van der Waals surface area contributed by atoms with Gasteiger partial charge in [0.25, 0.3) is 0 Å². The van der Waals surface area contributed by atoms with Crippen molar-refractivity contribution in [2.24, 2.45) is 5.92 Å². The molecule has 4 nitrogen and oxygen atoms in total. The lowest BCUT2D eigenvalue weighted by atomic mass is 9.89. The number of thioether (sulfide) groups is 1. The van der Waals surface area contributed by atoms with Crippen LogP contribution in [0, 0.1) is 5.92 Å². The standard InChI is InChI=1S/C14H28N2O2S/c1-5-11(2)14(3,18)10-15-13(17)8-16(4)12-6-7-19-9-12/h11-12,18H,5-10H2,1-4H3,(H,15,17). The Labute approximate surface area is 121 Å². The van der Waals surface area contributed by atoms with Crippen LogP contribution in [0.2, 0.25) is 0 Å². The lowest BCUT2D eigenvalue weighted by molar-refractivity contribution is -0.124. The third-order valence-corrected chi connectivity index (χ3v) is 5.38. The summed E-state index contributed by atoms with van der Waals surface area (Å²) in [6, 6.07) is 0.519. The maximum absolute atomic E-state index is 11.9. The number of nitrogens with zero attached hydrogens (tertiary/aromatic N) is 1. The molecular weight excluding hydrogens is 260 g/mol. The first-order valence-corrected chi connectivity index (χ1v) is 8.29. The number of nitrogens with one attached hydrogen (secondary N) is 1. The van der Waals surface area contributed by atoms with Crippen LogP contribution in [-0.4, -0.2) is 59.2 Å². The van der Waals surface area contributed by atoms with Gasteiger partial charge in [-0.1, -0.05) is 20.3 Å². The lowest BCUT2D eigenvalue weighted by Crippen LogP contribution is -2.48. The van der Waals surface area contributed by atoms with Gasteiger partial charge in [-0.15, -0.1) is 0 Å². The quantitative estimate of drug-likeness (QED) is 0.742. The SMILES string of the molecule is CCC(C)C(C)(O)CNC(=O)CN(C)C1CCSC1. The predicted molar refractivity (Wildman–Crippen MR) is 81.4 cm³/mol. The second-order valence-electron chi connectivity index (χ2n) is 5.88. The zero-order valence-corrected chi connectivity index (χ0v) is 13.4. The summed E-state index contributed by atoms with van der Waals surface area (Å²) >= 11 is 1.95. The van der Waals surface area contributed by atoms with Crippen LogP contribution in [0.25, 0.3) is 0 Å². The van der Waals surface area contributed by atoms with Crippen LogP contribution in [0.15, 0.2) is 0 Å². The second-order valence-corrected chi connectivity index (χ2v) is 7.03. The van der Waals surface area contributed by atoms with Crippen molar-refractivity contribution in [3.63, 3.8) is 0 Å². The van der Waals surface area contributed by atoms with E-state index in [-0.39, 0.29) is 11.8 Å². The van der Waals surface area contributed by atoms with Gasteiger partial charge in [0.1, 0.15) is 0 Å². The predicted octanol–water partition coefficient (Wildman–Crippen LogP) is 1.34. The Hall–Kier alpha value is -0.260. The maximum Gasteiger partial charge on any atom is 0.234 e. The Bertz CT molecular complexity index is 291. The summed E-state index contributed by atoms with van der Waals surface area (Å²) in [4.78, 5) is 14.0. The molecule has 3 atom stereocenters. The smallest absolute Gasteiger partial charge is 0.234 e. The van der Waals surface area contributed by atoms with Crippen molar-refractivity contribution in [2.45, 2.75) is 45.3 Å². The van der Waals surface area contributed by atoms with E-state index in [1.807, 2.05) is 32.7 Å². The molecule has 1 aliphatic heterocycles. The number of carbonyl (C=O) groups is 1. The third-order valence-electron chi connectivity index (χ3n) is 4.24. The van der Waals surface area contributed by atoms with E-state index in [2.05, 4.69) is 10.2 Å². The summed E-state index contributed by atoms with van der Waals surface area (Å²) in [5.41, 5.74) is -0.827. The van der Waals surface area contributed by atoms with Gasteiger partial charge in [0.15, 0.2) is 0 Å². The van der Waals surface area contributed by atoms with Gasteiger partial charge in [-0.05, 0) is 32.1 Å². The Morgan fingerprint density at radius 2 is 2.32 bits per heavy atom. The van der Waals surface area contributed by atoms with E-state index in [4.69, 9.17) is 0 Å². The van der Waals surface area contributed by atoms with Crippen LogP contribution < -0.4 is 5.32 Å². The van der Waals surface area contributed by atoms with Gasteiger partial charge < -0.3 is 10.4 Å². The summed E-state index contributed by atoms with van der Waals surface area (Å²) in [6.45, 7) is 6.59. The van der Waals surface area contributed by atoms with Gasteiger partial charge >= 0.3 is 0 Å². The maximum atomic E-state index is 11.9. The molecule has 5 heteroatoms. The third kappa shape index (κ3) is 5.32. The molecule has 1 rings (SSSR count). The molecule has 0 spiro atoms. The highest BCUT2D eigenvalue weighted by Gasteiger charge is 2.28. The fourth-order valence-corrected chi connectivity index (χ4v) is 3.47. The summed E-state index contributed by atoms with van der Waals surface area (Å²) in [6.07, 6.45) is 2.07. The van der Waals surface area contributed by atoms with E-state index < -0.39 is 5.60 Å². The molecule has 112 valence electrons. The molecule has 0 aromatic rings. The molecule has 0 aromatic carbocycles. The van der Waals surface area contributed by atoms with Crippen LogP contribution in [0.3, 0.4) is 0 Å². The number of rotatable bonds is 7.